The molecule has 0 unspecified atom stereocenters. The Bertz CT molecular complexity index is 1270. The van der Waals surface area contributed by atoms with Gasteiger partial charge in [0.2, 0.25) is 0 Å². The van der Waals surface area contributed by atoms with Crippen molar-refractivity contribution in [1.29, 1.82) is 0 Å². The van der Waals surface area contributed by atoms with Gasteiger partial charge >= 0.3 is 0 Å². The second-order valence-corrected chi connectivity index (χ2v) is 7.29. The predicted molar refractivity (Wildman–Crippen MR) is 120 cm³/mol. The zero-order valence-corrected chi connectivity index (χ0v) is 17.7. The highest BCUT2D eigenvalue weighted by atomic mass is 79.9. The lowest BCUT2D eigenvalue weighted by molar-refractivity contribution is 0.321. The summed E-state index contributed by atoms with van der Waals surface area (Å²) in [5.74, 6) is 5.07. The summed E-state index contributed by atoms with van der Waals surface area (Å²) in [5, 5.41) is 8.32. The van der Waals surface area contributed by atoms with Crippen molar-refractivity contribution in [2.45, 2.75) is 0 Å². The largest absolute Gasteiger partial charge is 0.389 e. The topological polar surface area (TPSA) is 91.2 Å². The molecule has 9 heteroatoms. The Kier molecular flexibility index (Phi) is 5.96. The first-order valence-electron chi connectivity index (χ1n) is 9.10. The van der Waals surface area contributed by atoms with Gasteiger partial charge in [-0.3, -0.25) is 4.98 Å². The number of halogens is 2. The lowest BCUT2D eigenvalue weighted by Crippen LogP contribution is -2.14. The number of nitrogens with two attached hydrogens (primary N) is 1. The third-order valence-electron chi connectivity index (χ3n) is 4.41. The predicted octanol–water partition coefficient (Wildman–Crippen LogP) is 4.54. The Labute approximate surface area is 185 Å². The smallest absolute Gasteiger partial charge is 0.268 e. The van der Waals surface area contributed by atoms with Crippen LogP contribution in [0.5, 0.6) is 0 Å². The summed E-state index contributed by atoms with van der Waals surface area (Å²) in [6.45, 7) is 3.99. The highest BCUT2D eigenvalue weighted by Crippen LogP contribution is 2.28. The maximum absolute atomic E-state index is 14.5. The van der Waals surface area contributed by atoms with E-state index in [1.807, 2.05) is 24.3 Å². The summed E-state index contributed by atoms with van der Waals surface area (Å²) >= 11 is 3.42. The number of pyridine rings is 1. The van der Waals surface area contributed by atoms with Crippen LogP contribution in [0.3, 0.4) is 0 Å². The van der Waals surface area contributed by atoms with Crippen molar-refractivity contribution in [1.82, 2.24) is 20.0 Å². The first kappa shape index (κ1) is 20.6. The maximum Gasteiger partial charge on any atom is 0.268 e. The van der Waals surface area contributed by atoms with Crippen molar-refractivity contribution >= 4 is 27.5 Å². The standard InChI is InChI=1S/C22H16BrFN6O/c1-14(16-5-4-6-17(23)13-16)27-22(31-25)20-21(15-9-11-26-12-10-15)30(29-28-20)19-8-3-2-7-18(19)24/h2-13H,1,25H2. The van der Waals surface area contributed by atoms with E-state index >= 15 is 0 Å². The van der Waals surface area contributed by atoms with Crippen LogP contribution in [0, 0.1) is 5.82 Å². The number of hydrogen-bond donors (Lipinski definition) is 1. The van der Waals surface area contributed by atoms with Crippen LogP contribution < -0.4 is 5.90 Å². The molecule has 2 aromatic carbocycles. The Morgan fingerprint density at radius 2 is 1.87 bits per heavy atom. The van der Waals surface area contributed by atoms with Crippen molar-refractivity contribution in [3.63, 3.8) is 0 Å². The first-order valence-corrected chi connectivity index (χ1v) is 9.89. The average Bonchev–Trinajstić information content (AvgIpc) is 3.23. The van der Waals surface area contributed by atoms with Crippen LogP contribution in [0.15, 0.2) is 89.1 Å². The monoisotopic (exact) mass is 478 g/mol. The van der Waals surface area contributed by atoms with Gasteiger partial charge in [-0.1, -0.05) is 52.0 Å². The van der Waals surface area contributed by atoms with Gasteiger partial charge in [-0.2, -0.15) is 5.90 Å². The number of aromatic nitrogens is 4. The highest BCUT2D eigenvalue weighted by molar-refractivity contribution is 9.10. The SMILES string of the molecule is C=C(N=C(ON)c1nnn(-c2ccccc2F)c1-c1ccncc1)c1cccc(Br)c1. The van der Waals surface area contributed by atoms with Gasteiger partial charge in [-0.05, 0) is 36.4 Å². The summed E-state index contributed by atoms with van der Waals surface area (Å²) in [6, 6.07) is 17.2. The van der Waals surface area contributed by atoms with Crippen molar-refractivity contribution in [2.75, 3.05) is 0 Å². The third-order valence-corrected chi connectivity index (χ3v) is 4.91. The molecule has 0 fully saturated rings. The molecule has 4 rings (SSSR count). The number of nitrogens with zero attached hydrogens (tertiary/aromatic N) is 5. The Morgan fingerprint density at radius 1 is 1.10 bits per heavy atom. The van der Waals surface area contributed by atoms with Crippen LogP contribution in [0.4, 0.5) is 4.39 Å². The molecule has 0 aliphatic carbocycles. The molecule has 2 aromatic heterocycles. The summed E-state index contributed by atoms with van der Waals surface area (Å²) in [6.07, 6.45) is 3.22. The molecule has 0 spiro atoms. The molecule has 0 atom stereocenters. The van der Waals surface area contributed by atoms with Gasteiger partial charge in [0.05, 0.1) is 5.70 Å². The van der Waals surface area contributed by atoms with E-state index in [-0.39, 0.29) is 17.3 Å². The zero-order valence-electron chi connectivity index (χ0n) is 16.1. The minimum atomic E-state index is -0.458. The minimum Gasteiger partial charge on any atom is -0.389 e. The number of para-hydroxylation sites is 1. The van der Waals surface area contributed by atoms with E-state index in [0.717, 1.165) is 10.0 Å². The second kappa shape index (κ2) is 8.99. The van der Waals surface area contributed by atoms with Crippen LogP contribution in [-0.4, -0.2) is 25.9 Å². The fraction of sp³-hybridized carbons (Fsp3) is 0. The summed E-state index contributed by atoms with van der Waals surface area (Å²) in [7, 11) is 0. The van der Waals surface area contributed by atoms with Crippen LogP contribution in [0.1, 0.15) is 11.3 Å². The molecule has 2 N–H and O–H groups in total. The normalized spacial score (nSPS) is 11.4. The second-order valence-electron chi connectivity index (χ2n) is 6.38. The molecule has 0 radical (unpaired) electrons. The van der Waals surface area contributed by atoms with Gasteiger partial charge in [0, 0.05) is 28.0 Å². The fourth-order valence-corrected chi connectivity index (χ4v) is 3.38. The van der Waals surface area contributed by atoms with Crippen molar-refractivity contribution in [3.05, 3.63) is 101 Å². The summed E-state index contributed by atoms with van der Waals surface area (Å²) in [5.41, 5.74) is 2.73. The van der Waals surface area contributed by atoms with Gasteiger partial charge in [0.25, 0.3) is 5.90 Å². The Balaban J connectivity index is 1.88. The highest BCUT2D eigenvalue weighted by Gasteiger charge is 2.23. The quantitative estimate of drug-likeness (QED) is 0.258. The Hall–Kier alpha value is -3.69. The van der Waals surface area contributed by atoms with Crippen LogP contribution in [-0.2, 0) is 4.84 Å². The molecule has 0 saturated heterocycles. The van der Waals surface area contributed by atoms with Crippen molar-refractivity contribution in [2.24, 2.45) is 10.9 Å². The van der Waals surface area contributed by atoms with E-state index in [9.17, 15) is 4.39 Å². The summed E-state index contributed by atoms with van der Waals surface area (Å²) in [4.78, 5) is 13.5. The Morgan fingerprint density at radius 3 is 2.58 bits per heavy atom. The zero-order chi connectivity index (χ0) is 21.8. The van der Waals surface area contributed by atoms with E-state index in [1.54, 1.807) is 42.7 Å². The van der Waals surface area contributed by atoms with Gasteiger partial charge in [-0.15, -0.1) is 5.10 Å². The molecule has 4 aromatic rings. The molecule has 0 aliphatic heterocycles. The molecule has 154 valence electrons. The summed E-state index contributed by atoms with van der Waals surface area (Å²) < 4.78 is 16.8. The third kappa shape index (κ3) is 4.27. The number of aliphatic imine (C=N–C) groups is 1. The fourth-order valence-electron chi connectivity index (χ4n) is 2.98. The van der Waals surface area contributed by atoms with Crippen LogP contribution >= 0.6 is 15.9 Å². The molecule has 0 saturated carbocycles. The number of hydrogen-bond acceptors (Lipinski definition) is 6. The first-order chi connectivity index (χ1) is 15.1. The van der Waals surface area contributed by atoms with E-state index in [1.165, 1.54) is 10.7 Å². The van der Waals surface area contributed by atoms with Crippen LogP contribution in [0.25, 0.3) is 22.6 Å². The maximum atomic E-state index is 14.5. The number of rotatable bonds is 5. The van der Waals surface area contributed by atoms with Gasteiger partial charge in [0.1, 0.15) is 17.2 Å². The van der Waals surface area contributed by atoms with Gasteiger partial charge < -0.3 is 4.84 Å². The lowest BCUT2D eigenvalue weighted by Gasteiger charge is -2.10. The average molecular weight is 479 g/mol. The van der Waals surface area contributed by atoms with Crippen molar-refractivity contribution in [3.8, 4) is 16.9 Å². The molecule has 0 aliphatic rings. The molecule has 0 amide bonds. The van der Waals surface area contributed by atoms with E-state index in [2.05, 4.69) is 42.8 Å². The van der Waals surface area contributed by atoms with E-state index in [4.69, 9.17) is 10.7 Å². The molecular formula is C22H16BrFN6O. The minimum absolute atomic E-state index is 0.0145. The lowest BCUT2D eigenvalue weighted by atomic mass is 10.1. The van der Waals surface area contributed by atoms with Gasteiger partial charge in [0.15, 0.2) is 5.69 Å². The molecule has 0 bridgehead atoms. The van der Waals surface area contributed by atoms with Crippen LogP contribution in [0.2, 0.25) is 0 Å². The van der Waals surface area contributed by atoms with E-state index in [0.29, 0.717) is 17.0 Å². The van der Waals surface area contributed by atoms with Crippen molar-refractivity contribution < 1.29 is 9.23 Å². The molecular weight excluding hydrogens is 463 g/mol. The molecule has 7 nitrogen and oxygen atoms in total. The van der Waals surface area contributed by atoms with E-state index < -0.39 is 5.82 Å². The molecule has 2 heterocycles. The van der Waals surface area contributed by atoms with Gasteiger partial charge in [-0.25, -0.2) is 14.1 Å². The molecule has 31 heavy (non-hydrogen) atoms. The number of benzene rings is 2.